The number of Topliss-reactive ketones (excluding diaryl/α,β-unsaturated/α-hetero) is 1. The Morgan fingerprint density at radius 2 is 1.90 bits per heavy atom. The lowest BCUT2D eigenvalue weighted by atomic mass is 10.1. The van der Waals surface area contributed by atoms with Crippen LogP contribution in [0.4, 0.5) is 10.1 Å². The van der Waals surface area contributed by atoms with E-state index in [4.69, 9.17) is 11.6 Å². The number of ketones is 1. The molecule has 3 rings (SSSR count). The molecule has 1 aromatic heterocycles. The van der Waals surface area contributed by atoms with Gasteiger partial charge in [-0.25, -0.2) is 4.39 Å². The molecule has 6 nitrogen and oxygen atoms in total. The third-order valence-corrected chi connectivity index (χ3v) is 5.72. The average molecular weight is 447 g/mol. The summed E-state index contributed by atoms with van der Waals surface area (Å²) in [6, 6.07) is 4.53. The van der Waals surface area contributed by atoms with Gasteiger partial charge in [0, 0.05) is 49.9 Å². The van der Waals surface area contributed by atoms with E-state index in [1.165, 1.54) is 19.1 Å². The maximum absolute atomic E-state index is 14.4. The van der Waals surface area contributed by atoms with Gasteiger partial charge in [0.2, 0.25) is 5.91 Å². The first kappa shape index (κ1) is 23.0. The number of carbonyl (C=O) groups excluding carboxylic acids is 2. The Hall–Kier alpha value is -2.67. The number of carbonyl (C=O) groups is 2. The fourth-order valence-electron chi connectivity index (χ4n) is 3.63. The first-order valence-electron chi connectivity index (χ1n) is 10.4. The zero-order valence-corrected chi connectivity index (χ0v) is 19.1. The molecule has 0 unspecified atom stereocenters. The maximum atomic E-state index is 14.4. The number of aryl methyl sites for hydroxylation is 1. The average Bonchev–Trinajstić information content (AvgIpc) is 2.98. The van der Waals surface area contributed by atoms with Gasteiger partial charge in [-0.2, -0.15) is 5.10 Å². The zero-order chi connectivity index (χ0) is 22.7. The predicted octanol–water partition coefficient (Wildman–Crippen LogP) is 4.20. The summed E-state index contributed by atoms with van der Waals surface area (Å²) in [5, 5.41) is 4.99. The Kier molecular flexibility index (Phi) is 7.15. The number of hydrogen-bond donors (Lipinski definition) is 0. The summed E-state index contributed by atoms with van der Waals surface area (Å²) in [6.45, 7) is 10.2. The number of anilines is 1. The van der Waals surface area contributed by atoms with E-state index in [1.807, 2.05) is 11.8 Å². The first-order chi connectivity index (χ1) is 14.7. The minimum atomic E-state index is -0.420. The number of benzene rings is 1. The Bertz CT molecular complexity index is 1010. The van der Waals surface area contributed by atoms with Gasteiger partial charge in [-0.15, -0.1) is 0 Å². The second-order valence-electron chi connectivity index (χ2n) is 8.23. The monoisotopic (exact) mass is 446 g/mol. The molecule has 1 aliphatic heterocycles. The van der Waals surface area contributed by atoms with Crippen molar-refractivity contribution in [3.63, 3.8) is 0 Å². The highest BCUT2D eigenvalue weighted by Gasteiger charge is 2.22. The lowest BCUT2D eigenvalue weighted by Gasteiger charge is -2.35. The molecular formula is C23H28ClFN4O2. The number of rotatable bonds is 6. The van der Waals surface area contributed by atoms with E-state index in [1.54, 1.807) is 27.8 Å². The van der Waals surface area contributed by atoms with Gasteiger partial charge in [0.05, 0.1) is 11.4 Å². The van der Waals surface area contributed by atoms with Crippen molar-refractivity contribution in [2.24, 2.45) is 5.92 Å². The first-order valence-corrected chi connectivity index (χ1v) is 10.8. The minimum Gasteiger partial charge on any atom is -0.366 e. The number of aromatic nitrogens is 2. The Morgan fingerprint density at radius 3 is 2.48 bits per heavy atom. The van der Waals surface area contributed by atoms with E-state index in [0.717, 1.165) is 11.3 Å². The molecule has 1 saturated heterocycles. The third-order valence-electron chi connectivity index (χ3n) is 5.33. The fraction of sp³-hybridized carbons (Fsp3) is 0.435. The molecule has 31 heavy (non-hydrogen) atoms. The van der Waals surface area contributed by atoms with Crippen molar-refractivity contribution in [2.75, 3.05) is 31.1 Å². The Morgan fingerprint density at radius 1 is 1.23 bits per heavy atom. The van der Waals surface area contributed by atoms with E-state index in [-0.39, 0.29) is 11.7 Å². The number of amides is 1. The molecule has 1 aliphatic rings. The largest absolute Gasteiger partial charge is 0.366 e. The van der Waals surface area contributed by atoms with Crippen LogP contribution >= 0.6 is 11.6 Å². The van der Waals surface area contributed by atoms with E-state index < -0.39 is 5.82 Å². The van der Waals surface area contributed by atoms with E-state index in [2.05, 4.69) is 18.9 Å². The van der Waals surface area contributed by atoms with Gasteiger partial charge >= 0.3 is 0 Å². The summed E-state index contributed by atoms with van der Waals surface area (Å²) in [7, 11) is 0. The second-order valence-corrected chi connectivity index (χ2v) is 8.59. The molecule has 0 bridgehead atoms. The molecule has 0 aliphatic carbocycles. The van der Waals surface area contributed by atoms with Crippen LogP contribution in [-0.2, 0) is 11.3 Å². The van der Waals surface area contributed by atoms with Crippen molar-refractivity contribution >= 4 is 35.1 Å². The maximum Gasteiger partial charge on any atom is 0.246 e. The molecule has 1 aromatic carbocycles. The normalized spacial score (nSPS) is 14.7. The summed E-state index contributed by atoms with van der Waals surface area (Å²) in [4.78, 5) is 27.7. The van der Waals surface area contributed by atoms with Crippen LogP contribution in [0.3, 0.4) is 0 Å². The summed E-state index contributed by atoms with van der Waals surface area (Å²) in [6.07, 6.45) is 3.24. The molecule has 8 heteroatoms. The van der Waals surface area contributed by atoms with Crippen LogP contribution in [-0.4, -0.2) is 52.5 Å². The van der Waals surface area contributed by atoms with Crippen molar-refractivity contribution in [1.29, 1.82) is 0 Å². The fourth-order valence-corrected chi connectivity index (χ4v) is 3.94. The number of hydrogen-bond acceptors (Lipinski definition) is 4. The molecule has 0 radical (unpaired) electrons. The van der Waals surface area contributed by atoms with E-state index in [0.29, 0.717) is 55.0 Å². The highest BCUT2D eigenvalue weighted by Crippen LogP contribution is 2.24. The summed E-state index contributed by atoms with van der Waals surface area (Å²) in [5.41, 5.74) is 2.34. The SMILES string of the molecule is CC(=O)c1ccc(N2CCN(C(=O)/C=C/c3c(C)nn(CC(C)C)c3Cl)CC2)c(F)c1. The quantitative estimate of drug-likeness (QED) is 0.492. The van der Waals surface area contributed by atoms with Gasteiger partial charge in [-0.3, -0.25) is 14.3 Å². The number of piperazine rings is 1. The number of halogens is 2. The van der Waals surface area contributed by atoms with Crippen molar-refractivity contribution < 1.29 is 14.0 Å². The van der Waals surface area contributed by atoms with Crippen LogP contribution in [0.5, 0.6) is 0 Å². The standard InChI is InChI=1S/C23H28ClFN4O2/c1-15(2)14-29-23(24)19(16(3)26-29)6-8-22(31)28-11-9-27(10-12-28)21-7-5-18(17(4)30)13-20(21)25/h5-8,13,15H,9-12,14H2,1-4H3/b8-6+. The van der Waals surface area contributed by atoms with Crippen LogP contribution in [0.25, 0.3) is 6.08 Å². The molecule has 1 amide bonds. The minimum absolute atomic E-state index is 0.112. The smallest absolute Gasteiger partial charge is 0.246 e. The summed E-state index contributed by atoms with van der Waals surface area (Å²) in [5.74, 6) is -0.289. The highest BCUT2D eigenvalue weighted by molar-refractivity contribution is 6.31. The van der Waals surface area contributed by atoms with Crippen LogP contribution in [0.1, 0.15) is 42.4 Å². The van der Waals surface area contributed by atoms with Gasteiger partial charge < -0.3 is 9.80 Å². The van der Waals surface area contributed by atoms with Gasteiger partial charge in [-0.05, 0) is 44.0 Å². The zero-order valence-electron chi connectivity index (χ0n) is 18.4. The van der Waals surface area contributed by atoms with Crippen LogP contribution < -0.4 is 4.90 Å². The highest BCUT2D eigenvalue weighted by atomic mass is 35.5. The van der Waals surface area contributed by atoms with Crippen molar-refractivity contribution in [2.45, 2.75) is 34.2 Å². The Balaban J connectivity index is 1.62. The van der Waals surface area contributed by atoms with E-state index in [9.17, 15) is 14.0 Å². The van der Waals surface area contributed by atoms with Crippen molar-refractivity contribution in [1.82, 2.24) is 14.7 Å². The molecular weight excluding hydrogens is 419 g/mol. The topological polar surface area (TPSA) is 58.4 Å². The van der Waals surface area contributed by atoms with Gasteiger partial charge in [-0.1, -0.05) is 25.4 Å². The molecule has 1 fully saturated rings. The number of nitrogens with zero attached hydrogens (tertiary/aromatic N) is 4. The van der Waals surface area contributed by atoms with Crippen LogP contribution in [0.15, 0.2) is 24.3 Å². The van der Waals surface area contributed by atoms with Crippen molar-refractivity contribution in [3.05, 3.63) is 52.1 Å². The van der Waals surface area contributed by atoms with Gasteiger partial charge in [0.15, 0.2) is 5.78 Å². The molecule has 0 spiro atoms. The summed E-state index contributed by atoms with van der Waals surface area (Å²) < 4.78 is 16.2. The summed E-state index contributed by atoms with van der Waals surface area (Å²) >= 11 is 6.44. The van der Waals surface area contributed by atoms with Gasteiger partial charge in [0.25, 0.3) is 0 Å². The van der Waals surface area contributed by atoms with Crippen molar-refractivity contribution in [3.8, 4) is 0 Å². The molecule has 0 saturated carbocycles. The predicted molar refractivity (Wildman–Crippen MR) is 121 cm³/mol. The molecule has 0 atom stereocenters. The molecule has 0 N–H and O–H groups in total. The lowest BCUT2D eigenvalue weighted by Crippen LogP contribution is -2.48. The van der Waals surface area contributed by atoms with Crippen LogP contribution in [0.2, 0.25) is 5.15 Å². The lowest BCUT2D eigenvalue weighted by molar-refractivity contribution is -0.126. The Labute approximate surface area is 187 Å². The molecule has 166 valence electrons. The van der Waals surface area contributed by atoms with Crippen LogP contribution in [0, 0.1) is 18.7 Å². The third kappa shape index (κ3) is 5.34. The van der Waals surface area contributed by atoms with Gasteiger partial charge in [0.1, 0.15) is 11.0 Å². The molecule has 2 heterocycles. The van der Waals surface area contributed by atoms with E-state index >= 15 is 0 Å². The second kappa shape index (κ2) is 9.64. The molecule has 2 aromatic rings.